The third-order valence-corrected chi connectivity index (χ3v) is 4.58. The van der Waals surface area contributed by atoms with E-state index in [4.69, 9.17) is 27.7 Å². The number of aromatic nitrogens is 2. The molecule has 1 heterocycles. The number of para-hydroxylation sites is 1. The minimum Gasteiger partial charge on any atom is -0.339 e. The van der Waals surface area contributed by atoms with Crippen LogP contribution in [0.2, 0.25) is 10.0 Å². The number of carbonyl (C=O) groups excluding carboxylic acids is 2. The van der Waals surface area contributed by atoms with E-state index in [0.29, 0.717) is 40.3 Å². The van der Waals surface area contributed by atoms with Crippen LogP contribution in [0.3, 0.4) is 0 Å². The van der Waals surface area contributed by atoms with Crippen LogP contribution in [0.25, 0.3) is 0 Å². The van der Waals surface area contributed by atoms with Gasteiger partial charge in [-0.1, -0.05) is 55.2 Å². The molecule has 2 amide bonds. The summed E-state index contributed by atoms with van der Waals surface area (Å²) >= 11 is 12.1. The average molecular weight is 427 g/mol. The number of carbonyl (C=O) groups is 2. The molecule has 28 heavy (non-hydrogen) atoms. The summed E-state index contributed by atoms with van der Waals surface area (Å²) in [6, 6.07) is 4.94. The van der Waals surface area contributed by atoms with Crippen LogP contribution in [-0.4, -0.2) is 40.4 Å². The van der Waals surface area contributed by atoms with Crippen molar-refractivity contribution in [3.05, 3.63) is 40.0 Å². The van der Waals surface area contributed by atoms with Crippen LogP contribution >= 0.6 is 23.2 Å². The summed E-state index contributed by atoms with van der Waals surface area (Å²) in [6.45, 7) is 5.90. The molecular formula is C19H24Cl2N4O3. The van der Waals surface area contributed by atoms with Crippen molar-refractivity contribution < 1.29 is 14.1 Å². The molecule has 152 valence electrons. The van der Waals surface area contributed by atoms with Crippen LogP contribution in [0.4, 0.5) is 5.69 Å². The van der Waals surface area contributed by atoms with Gasteiger partial charge in [0.1, 0.15) is 0 Å². The number of likely N-dealkylation sites (N-methyl/N-ethyl adjacent to an activating group) is 1. The number of aryl methyl sites for hydroxylation is 1. The number of anilines is 1. The van der Waals surface area contributed by atoms with E-state index >= 15 is 0 Å². The van der Waals surface area contributed by atoms with Crippen LogP contribution in [0.5, 0.6) is 0 Å². The maximum absolute atomic E-state index is 12.2. The van der Waals surface area contributed by atoms with Gasteiger partial charge in [-0.15, -0.1) is 0 Å². The van der Waals surface area contributed by atoms with E-state index in [-0.39, 0.29) is 30.2 Å². The largest absolute Gasteiger partial charge is 0.339 e. The van der Waals surface area contributed by atoms with E-state index in [1.807, 2.05) is 20.8 Å². The van der Waals surface area contributed by atoms with Crippen LogP contribution in [-0.2, 0) is 21.4 Å². The first-order chi connectivity index (χ1) is 13.1. The predicted molar refractivity (Wildman–Crippen MR) is 109 cm³/mol. The summed E-state index contributed by atoms with van der Waals surface area (Å²) in [4.78, 5) is 30.1. The lowest BCUT2D eigenvalue weighted by atomic mass is 9.96. The lowest BCUT2D eigenvalue weighted by Gasteiger charge is -2.17. The Labute approximate surface area is 174 Å². The van der Waals surface area contributed by atoms with E-state index in [1.54, 1.807) is 25.2 Å². The van der Waals surface area contributed by atoms with Gasteiger partial charge in [-0.3, -0.25) is 9.59 Å². The Bertz CT molecular complexity index is 826. The highest BCUT2D eigenvalue weighted by molar-refractivity contribution is 6.39. The number of amides is 2. The Morgan fingerprint density at radius 1 is 1.21 bits per heavy atom. The van der Waals surface area contributed by atoms with Crippen LogP contribution in [0.15, 0.2) is 22.7 Å². The van der Waals surface area contributed by atoms with Crippen molar-refractivity contribution in [1.82, 2.24) is 15.0 Å². The third-order valence-electron chi connectivity index (χ3n) is 3.95. The Hall–Kier alpha value is -2.12. The summed E-state index contributed by atoms with van der Waals surface area (Å²) in [5, 5.41) is 7.26. The van der Waals surface area contributed by atoms with Gasteiger partial charge in [-0.25, -0.2) is 0 Å². The van der Waals surface area contributed by atoms with Gasteiger partial charge in [0.25, 0.3) is 0 Å². The Morgan fingerprint density at radius 2 is 1.86 bits per heavy atom. The highest BCUT2D eigenvalue weighted by Crippen LogP contribution is 2.29. The number of hydrogen-bond donors (Lipinski definition) is 1. The number of nitrogens with zero attached hydrogens (tertiary/aromatic N) is 3. The third kappa shape index (κ3) is 6.21. The van der Waals surface area contributed by atoms with E-state index in [9.17, 15) is 9.59 Å². The second-order valence-electron chi connectivity index (χ2n) is 7.51. The molecule has 1 aromatic carbocycles. The number of halogens is 2. The van der Waals surface area contributed by atoms with Gasteiger partial charge in [0.05, 0.1) is 22.3 Å². The highest BCUT2D eigenvalue weighted by atomic mass is 35.5. The van der Waals surface area contributed by atoms with Gasteiger partial charge in [-0.2, -0.15) is 4.98 Å². The van der Waals surface area contributed by atoms with Crippen molar-refractivity contribution >= 4 is 40.7 Å². The van der Waals surface area contributed by atoms with Gasteiger partial charge in [-0.05, 0) is 18.6 Å². The summed E-state index contributed by atoms with van der Waals surface area (Å²) in [5.74, 6) is 0.612. The zero-order valence-corrected chi connectivity index (χ0v) is 17.9. The van der Waals surface area contributed by atoms with Crippen molar-refractivity contribution in [2.45, 2.75) is 45.4 Å². The van der Waals surface area contributed by atoms with Crippen molar-refractivity contribution in [2.75, 3.05) is 18.9 Å². The summed E-state index contributed by atoms with van der Waals surface area (Å²) < 4.78 is 5.21. The van der Waals surface area contributed by atoms with E-state index in [2.05, 4.69) is 15.5 Å². The molecule has 1 aromatic heterocycles. The first-order valence-corrected chi connectivity index (χ1v) is 9.64. The molecule has 9 heteroatoms. The zero-order valence-electron chi connectivity index (χ0n) is 16.4. The molecular weight excluding hydrogens is 403 g/mol. The summed E-state index contributed by atoms with van der Waals surface area (Å²) in [5.41, 5.74) is 0.151. The number of benzene rings is 1. The first-order valence-electron chi connectivity index (χ1n) is 8.89. The average Bonchev–Trinajstić information content (AvgIpc) is 3.07. The fourth-order valence-electron chi connectivity index (χ4n) is 2.34. The first kappa shape index (κ1) is 22.2. The van der Waals surface area contributed by atoms with E-state index in [0.717, 1.165) is 0 Å². The van der Waals surface area contributed by atoms with Crippen molar-refractivity contribution in [1.29, 1.82) is 0 Å². The lowest BCUT2D eigenvalue weighted by molar-refractivity contribution is -0.133. The Kier molecular flexibility index (Phi) is 7.43. The molecule has 1 N–H and O–H groups in total. The Morgan fingerprint density at radius 3 is 2.43 bits per heavy atom. The van der Waals surface area contributed by atoms with Crippen molar-refractivity contribution in [2.24, 2.45) is 0 Å². The molecule has 0 atom stereocenters. The molecule has 2 rings (SSSR count). The fraction of sp³-hybridized carbons (Fsp3) is 0.474. The van der Waals surface area contributed by atoms with Crippen LogP contribution in [0, 0.1) is 0 Å². The molecule has 0 bridgehead atoms. The molecule has 0 spiro atoms. The predicted octanol–water partition coefficient (Wildman–Crippen LogP) is 4.09. The quantitative estimate of drug-likeness (QED) is 0.719. The van der Waals surface area contributed by atoms with Gasteiger partial charge in [0.2, 0.25) is 17.7 Å². The number of hydrogen-bond acceptors (Lipinski definition) is 5. The molecule has 2 aromatic rings. The fourth-order valence-corrected chi connectivity index (χ4v) is 2.83. The molecule has 0 aliphatic rings. The van der Waals surface area contributed by atoms with E-state index in [1.165, 1.54) is 4.90 Å². The molecule has 7 nitrogen and oxygen atoms in total. The smallest absolute Gasteiger partial charge is 0.244 e. The molecule has 0 saturated carbocycles. The lowest BCUT2D eigenvalue weighted by Crippen LogP contribution is -2.34. The minimum absolute atomic E-state index is 0.102. The molecule has 0 radical (unpaired) electrons. The molecule has 0 fully saturated rings. The van der Waals surface area contributed by atoms with Crippen molar-refractivity contribution in [3.8, 4) is 0 Å². The van der Waals surface area contributed by atoms with Crippen LogP contribution in [0.1, 0.15) is 45.3 Å². The Balaban J connectivity index is 1.79. The maximum Gasteiger partial charge on any atom is 0.244 e. The van der Waals surface area contributed by atoms with Gasteiger partial charge in [0, 0.05) is 25.3 Å². The topological polar surface area (TPSA) is 88.3 Å². The zero-order chi connectivity index (χ0) is 20.9. The monoisotopic (exact) mass is 426 g/mol. The highest BCUT2D eigenvalue weighted by Gasteiger charge is 2.21. The molecule has 0 unspecified atom stereocenters. The second-order valence-corrected chi connectivity index (χ2v) is 8.32. The van der Waals surface area contributed by atoms with Crippen LogP contribution < -0.4 is 5.32 Å². The summed E-state index contributed by atoms with van der Waals surface area (Å²) in [6.07, 6.45) is 1.32. The van der Waals surface area contributed by atoms with Gasteiger partial charge in [0.15, 0.2) is 5.82 Å². The van der Waals surface area contributed by atoms with Crippen molar-refractivity contribution in [3.63, 3.8) is 0 Å². The second kappa shape index (κ2) is 9.39. The number of nitrogens with one attached hydrogen (secondary N) is 1. The standard InChI is InChI=1S/C19H24Cl2N4O3/c1-19(2,3)18-23-15(28-24-18)9-6-10-16(27)25(4)11-14(26)22-17-12(20)7-5-8-13(17)21/h5,7-8H,6,9-11H2,1-4H3,(H,22,26). The molecule has 0 aliphatic heterocycles. The SMILES string of the molecule is CN(CC(=O)Nc1c(Cl)cccc1Cl)C(=O)CCCc1nc(C(C)(C)C)no1. The summed E-state index contributed by atoms with van der Waals surface area (Å²) in [7, 11) is 1.57. The van der Waals surface area contributed by atoms with E-state index < -0.39 is 0 Å². The van der Waals surface area contributed by atoms with Gasteiger partial charge >= 0.3 is 0 Å². The minimum atomic E-state index is -0.377. The number of rotatable bonds is 7. The molecule has 0 aliphatic carbocycles. The van der Waals surface area contributed by atoms with Gasteiger partial charge < -0.3 is 14.7 Å². The molecule has 0 saturated heterocycles. The maximum atomic E-state index is 12.2. The normalized spacial score (nSPS) is 11.4.